The fourth-order valence-corrected chi connectivity index (χ4v) is 2.02. The Bertz CT molecular complexity index is 671. The Hall–Kier alpha value is -2.19. The first-order valence-electron chi connectivity index (χ1n) is 6.15. The minimum absolute atomic E-state index is 0.0684. The van der Waals surface area contributed by atoms with Gasteiger partial charge in [-0.3, -0.25) is 9.69 Å². The first-order chi connectivity index (χ1) is 9.11. The summed E-state index contributed by atoms with van der Waals surface area (Å²) >= 11 is 0. The third-order valence-electron chi connectivity index (χ3n) is 2.94. The maximum atomic E-state index is 12.2. The van der Waals surface area contributed by atoms with Crippen LogP contribution in [0.4, 0.5) is 0 Å². The molecule has 0 radical (unpaired) electrons. The number of hydrogen-bond acceptors (Lipinski definition) is 4. The second kappa shape index (κ2) is 5.63. The van der Waals surface area contributed by atoms with Crippen LogP contribution in [0.15, 0.2) is 35.3 Å². The molecule has 5 heteroatoms. The van der Waals surface area contributed by atoms with E-state index < -0.39 is 0 Å². The lowest BCUT2D eigenvalue weighted by Gasteiger charge is -2.18. The Morgan fingerprint density at radius 3 is 2.95 bits per heavy atom. The molecular weight excluding hydrogens is 240 g/mol. The number of rotatable bonds is 4. The van der Waals surface area contributed by atoms with Gasteiger partial charge in [0.2, 0.25) is 0 Å². The summed E-state index contributed by atoms with van der Waals surface area (Å²) in [5.74, 6) is -0.0684. The first kappa shape index (κ1) is 13.2. The van der Waals surface area contributed by atoms with Gasteiger partial charge in [0.25, 0.3) is 5.56 Å². The first-order valence-corrected chi connectivity index (χ1v) is 6.15. The van der Waals surface area contributed by atoms with E-state index in [-0.39, 0.29) is 11.5 Å². The van der Waals surface area contributed by atoms with E-state index >= 15 is 0 Å². The summed E-state index contributed by atoms with van der Waals surface area (Å²) in [5.41, 5.74) is -0.102. The molecule has 1 aromatic heterocycles. The van der Waals surface area contributed by atoms with Crippen LogP contribution in [0.3, 0.4) is 0 Å². The van der Waals surface area contributed by atoms with Crippen molar-refractivity contribution in [1.82, 2.24) is 14.7 Å². The van der Waals surface area contributed by atoms with Gasteiger partial charge in [0.1, 0.15) is 0 Å². The molecule has 0 N–H and O–H groups in total. The molecule has 0 saturated heterocycles. The molecule has 19 heavy (non-hydrogen) atoms. The second-order valence-corrected chi connectivity index (χ2v) is 4.75. The van der Waals surface area contributed by atoms with Crippen LogP contribution in [0.1, 0.15) is 6.92 Å². The molecule has 1 heterocycles. The minimum atomic E-state index is -0.102. The molecule has 0 bridgehead atoms. The van der Waals surface area contributed by atoms with Gasteiger partial charge < -0.3 is 0 Å². The van der Waals surface area contributed by atoms with Crippen LogP contribution in [0.25, 0.3) is 10.8 Å². The SMILES string of the molecule is CC(C#N)CN(C)Cn1ncc2ccccc2c1=O. The van der Waals surface area contributed by atoms with Crippen molar-refractivity contribution in [3.05, 3.63) is 40.8 Å². The number of benzene rings is 1. The summed E-state index contributed by atoms with van der Waals surface area (Å²) in [7, 11) is 1.87. The monoisotopic (exact) mass is 256 g/mol. The van der Waals surface area contributed by atoms with Gasteiger partial charge >= 0.3 is 0 Å². The summed E-state index contributed by atoms with van der Waals surface area (Å²) in [6.45, 7) is 2.85. The average Bonchev–Trinajstić information content (AvgIpc) is 2.42. The zero-order chi connectivity index (χ0) is 13.8. The zero-order valence-corrected chi connectivity index (χ0v) is 11.1. The molecule has 0 aliphatic heterocycles. The van der Waals surface area contributed by atoms with Crippen molar-refractivity contribution in [2.45, 2.75) is 13.6 Å². The standard InChI is InChI=1S/C14H16N4O/c1-11(7-15)9-17(2)10-18-14(19)13-6-4-3-5-12(13)8-16-18/h3-6,8,11H,9-10H2,1-2H3. The van der Waals surface area contributed by atoms with Gasteiger partial charge in [0, 0.05) is 11.9 Å². The number of nitrogens with zero attached hydrogens (tertiary/aromatic N) is 4. The number of hydrogen-bond donors (Lipinski definition) is 0. The van der Waals surface area contributed by atoms with Crippen molar-refractivity contribution < 1.29 is 0 Å². The fourth-order valence-electron chi connectivity index (χ4n) is 2.02. The van der Waals surface area contributed by atoms with Gasteiger partial charge in [0.05, 0.1) is 30.2 Å². The molecule has 2 rings (SSSR count). The second-order valence-electron chi connectivity index (χ2n) is 4.75. The van der Waals surface area contributed by atoms with Crippen LogP contribution in [0.2, 0.25) is 0 Å². The fraction of sp³-hybridized carbons (Fsp3) is 0.357. The van der Waals surface area contributed by atoms with E-state index in [0.717, 1.165) is 5.39 Å². The van der Waals surface area contributed by atoms with E-state index in [4.69, 9.17) is 5.26 Å². The highest BCUT2D eigenvalue weighted by Crippen LogP contribution is 2.06. The minimum Gasteiger partial charge on any atom is -0.286 e. The normalized spacial score (nSPS) is 12.5. The highest BCUT2D eigenvalue weighted by Gasteiger charge is 2.08. The number of fused-ring (bicyclic) bond motifs is 1. The Balaban J connectivity index is 2.25. The van der Waals surface area contributed by atoms with Crippen LogP contribution in [-0.2, 0) is 6.67 Å². The zero-order valence-electron chi connectivity index (χ0n) is 11.1. The van der Waals surface area contributed by atoms with Crippen LogP contribution in [-0.4, -0.2) is 28.3 Å². The highest BCUT2D eigenvalue weighted by molar-refractivity contribution is 5.80. The lowest BCUT2D eigenvalue weighted by molar-refractivity contribution is 0.233. The van der Waals surface area contributed by atoms with E-state index in [9.17, 15) is 4.79 Å². The third kappa shape index (κ3) is 2.98. The lowest BCUT2D eigenvalue weighted by Crippen LogP contribution is -2.33. The molecule has 98 valence electrons. The maximum Gasteiger partial charge on any atom is 0.275 e. The molecule has 0 amide bonds. The van der Waals surface area contributed by atoms with Crippen molar-refractivity contribution in [2.75, 3.05) is 13.6 Å². The van der Waals surface area contributed by atoms with Crippen molar-refractivity contribution in [3.8, 4) is 6.07 Å². The van der Waals surface area contributed by atoms with Crippen molar-refractivity contribution in [2.24, 2.45) is 5.92 Å². The van der Waals surface area contributed by atoms with Crippen LogP contribution in [0, 0.1) is 17.2 Å². The van der Waals surface area contributed by atoms with Crippen LogP contribution < -0.4 is 5.56 Å². The van der Waals surface area contributed by atoms with Gasteiger partial charge in [-0.15, -0.1) is 0 Å². The summed E-state index contributed by atoms with van der Waals surface area (Å²) in [5, 5.41) is 14.5. The Labute approximate surface area is 111 Å². The predicted octanol–water partition coefficient (Wildman–Crippen LogP) is 1.45. The van der Waals surface area contributed by atoms with Gasteiger partial charge in [-0.1, -0.05) is 18.2 Å². The third-order valence-corrected chi connectivity index (χ3v) is 2.94. The van der Waals surface area contributed by atoms with E-state index in [2.05, 4.69) is 11.2 Å². The Kier molecular flexibility index (Phi) is 3.93. The Morgan fingerprint density at radius 1 is 1.47 bits per heavy atom. The van der Waals surface area contributed by atoms with Gasteiger partial charge in [-0.2, -0.15) is 10.4 Å². The quantitative estimate of drug-likeness (QED) is 0.830. The molecule has 0 aliphatic carbocycles. The van der Waals surface area contributed by atoms with Gasteiger partial charge in [0.15, 0.2) is 0 Å². The molecule has 0 spiro atoms. The van der Waals surface area contributed by atoms with E-state index in [1.54, 1.807) is 12.3 Å². The summed E-state index contributed by atoms with van der Waals surface area (Å²) in [6.07, 6.45) is 1.69. The number of nitriles is 1. The summed E-state index contributed by atoms with van der Waals surface area (Å²) in [6, 6.07) is 9.57. The lowest BCUT2D eigenvalue weighted by atomic mass is 10.2. The maximum absolute atomic E-state index is 12.2. The van der Waals surface area contributed by atoms with Gasteiger partial charge in [-0.05, 0) is 20.0 Å². The topological polar surface area (TPSA) is 61.9 Å². The molecule has 1 aromatic carbocycles. The highest BCUT2D eigenvalue weighted by atomic mass is 16.1. The summed E-state index contributed by atoms with van der Waals surface area (Å²) in [4.78, 5) is 14.1. The van der Waals surface area contributed by atoms with Crippen LogP contribution >= 0.6 is 0 Å². The molecule has 2 aromatic rings. The molecular formula is C14H16N4O. The Morgan fingerprint density at radius 2 is 2.21 bits per heavy atom. The largest absolute Gasteiger partial charge is 0.286 e. The van der Waals surface area contributed by atoms with Crippen molar-refractivity contribution in [1.29, 1.82) is 5.26 Å². The molecule has 1 atom stereocenters. The summed E-state index contributed by atoms with van der Waals surface area (Å²) < 4.78 is 1.42. The van der Waals surface area contributed by atoms with Crippen molar-refractivity contribution in [3.63, 3.8) is 0 Å². The smallest absolute Gasteiger partial charge is 0.275 e. The van der Waals surface area contributed by atoms with Gasteiger partial charge in [-0.25, -0.2) is 4.68 Å². The molecule has 0 saturated carbocycles. The van der Waals surface area contributed by atoms with E-state index in [0.29, 0.717) is 18.6 Å². The molecule has 5 nitrogen and oxygen atoms in total. The molecule has 1 unspecified atom stereocenters. The van der Waals surface area contributed by atoms with E-state index in [1.165, 1.54) is 4.68 Å². The molecule has 0 fully saturated rings. The van der Waals surface area contributed by atoms with E-state index in [1.807, 2.05) is 37.1 Å². The predicted molar refractivity (Wildman–Crippen MR) is 73.4 cm³/mol. The van der Waals surface area contributed by atoms with Crippen molar-refractivity contribution >= 4 is 10.8 Å². The molecule has 0 aliphatic rings. The van der Waals surface area contributed by atoms with Crippen LogP contribution in [0.5, 0.6) is 0 Å². The average molecular weight is 256 g/mol. The number of aromatic nitrogens is 2.